The highest BCUT2D eigenvalue weighted by atomic mass is 16.5. The molecule has 0 saturated heterocycles. The molecule has 24 heavy (non-hydrogen) atoms. The largest absolute Gasteiger partial charge is 0.495 e. The minimum Gasteiger partial charge on any atom is -0.495 e. The standard InChI is InChI=1S/C20H19NO3/c1-3-24-19(22)13-17(14-7-5-4-6-8-14)16-11-15-9-10-21-20(15)18(12-16)23-2/h4-13,21H,3H2,1-2H3/b17-13-. The summed E-state index contributed by atoms with van der Waals surface area (Å²) in [6.45, 7) is 2.14. The van der Waals surface area contributed by atoms with Crippen LogP contribution in [0.5, 0.6) is 5.75 Å². The number of ether oxygens (including phenoxy) is 2. The van der Waals surface area contributed by atoms with Crippen LogP contribution >= 0.6 is 0 Å². The van der Waals surface area contributed by atoms with Gasteiger partial charge in [0.05, 0.1) is 19.2 Å². The van der Waals surface area contributed by atoms with Crippen LogP contribution < -0.4 is 4.74 Å². The van der Waals surface area contributed by atoms with Crippen LogP contribution in [0.15, 0.2) is 60.8 Å². The van der Waals surface area contributed by atoms with E-state index in [4.69, 9.17) is 9.47 Å². The van der Waals surface area contributed by atoms with Gasteiger partial charge >= 0.3 is 5.97 Å². The molecular formula is C20H19NO3. The number of methoxy groups -OCH3 is 1. The summed E-state index contributed by atoms with van der Waals surface area (Å²) < 4.78 is 10.6. The number of carbonyl (C=O) groups excluding carboxylic acids is 1. The summed E-state index contributed by atoms with van der Waals surface area (Å²) in [4.78, 5) is 15.2. The lowest BCUT2D eigenvalue weighted by atomic mass is 9.96. The third-order valence-electron chi connectivity index (χ3n) is 3.79. The first kappa shape index (κ1) is 15.9. The molecule has 0 bridgehead atoms. The lowest BCUT2D eigenvalue weighted by Crippen LogP contribution is -2.02. The quantitative estimate of drug-likeness (QED) is 0.567. The minimum absolute atomic E-state index is 0.345. The summed E-state index contributed by atoms with van der Waals surface area (Å²) in [5.41, 5.74) is 3.58. The first-order chi connectivity index (χ1) is 11.7. The molecule has 3 aromatic rings. The molecule has 1 aromatic heterocycles. The van der Waals surface area contributed by atoms with Crippen molar-refractivity contribution in [2.24, 2.45) is 0 Å². The molecule has 0 aliphatic carbocycles. The monoisotopic (exact) mass is 321 g/mol. The van der Waals surface area contributed by atoms with E-state index in [0.29, 0.717) is 6.61 Å². The molecule has 0 fully saturated rings. The maximum Gasteiger partial charge on any atom is 0.331 e. The molecule has 0 atom stereocenters. The van der Waals surface area contributed by atoms with Gasteiger partial charge in [0.2, 0.25) is 0 Å². The fourth-order valence-electron chi connectivity index (χ4n) is 2.71. The Balaban J connectivity index is 2.17. The molecule has 0 unspecified atom stereocenters. The third kappa shape index (κ3) is 3.18. The number of rotatable bonds is 5. The van der Waals surface area contributed by atoms with E-state index in [0.717, 1.165) is 33.4 Å². The van der Waals surface area contributed by atoms with E-state index < -0.39 is 0 Å². The molecule has 1 heterocycles. The van der Waals surface area contributed by atoms with E-state index in [-0.39, 0.29) is 5.97 Å². The van der Waals surface area contributed by atoms with Gasteiger partial charge in [-0.2, -0.15) is 0 Å². The number of benzene rings is 2. The van der Waals surface area contributed by atoms with E-state index in [1.54, 1.807) is 14.0 Å². The molecule has 0 aliphatic heterocycles. The normalized spacial score (nSPS) is 11.5. The zero-order valence-electron chi connectivity index (χ0n) is 13.7. The summed E-state index contributed by atoms with van der Waals surface area (Å²) in [5, 5.41) is 1.02. The molecule has 0 aliphatic rings. The van der Waals surface area contributed by atoms with Crippen LogP contribution in [-0.2, 0) is 9.53 Å². The van der Waals surface area contributed by atoms with E-state index in [1.165, 1.54) is 6.08 Å². The second-order valence-electron chi connectivity index (χ2n) is 5.30. The summed E-state index contributed by atoms with van der Waals surface area (Å²) in [7, 11) is 1.64. The topological polar surface area (TPSA) is 51.3 Å². The molecular weight excluding hydrogens is 302 g/mol. The van der Waals surface area contributed by atoms with Crippen molar-refractivity contribution in [1.82, 2.24) is 4.98 Å². The van der Waals surface area contributed by atoms with Gasteiger partial charge in [-0.15, -0.1) is 0 Å². The van der Waals surface area contributed by atoms with Crippen LogP contribution in [0.3, 0.4) is 0 Å². The van der Waals surface area contributed by atoms with Gasteiger partial charge in [0.25, 0.3) is 0 Å². The molecule has 4 heteroatoms. The molecule has 0 radical (unpaired) electrons. The number of H-pyrrole nitrogens is 1. The predicted octanol–water partition coefficient (Wildman–Crippen LogP) is 4.17. The average Bonchev–Trinajstić information content (AvgIpc) is 3.08. The Morgan fingerprint density at radius 2 is 1.92 bits per heavy atom. The molecule has 0 amide bonds. The number of nitrogens with one attached hydrogen (secondary N) is 1. The summed E-state index contributed by atoms with van der Waals surface area (Å²) in [5.74, 6) is 0.377. The first-order valence-electron chi connectivity index (χ1n) is 7.82. The van der Waals surface area contributed by atoms with Crippen LogP contribution in [0, 0.1) is 0 Å². The van der Waals surface area contributed by atoms with Crippen LogP contribution in [0.2, 0.25) is 0 Å². The fraction of sp³-hybridized carbons (Fsp3) is 0.150. The Labute approximate surface area is 140 Å². The summed E-state index contributed by atoms with van der Waals surface area (Å²) in [6, 6.07) is 15.7. The van der Waals surface area contributed by atoms with Crippen molar-refractivity contribution in [3.05, 3.63) is 71.9 Å². The molecule has 0 spiro atoms. The lowest BCUT2D eigenvalue weighted by Gasteiger charge is -2.11. The Morgan fingerprint density at radius 1 is 1.12 bits per heavy atom. The number of hydrogen-bond donors (Lipinski definition) is 1. The Morgan fingerprint density at radius 3 is 2.62 bits per heavy atom. The highest BCUT2D eigenvalue weighted by Gasteiger charge is 2.12. The van der Waals surface area contributed by atoms with Crippen LogP contribution in [0.1, 0.15) is 18.1 Å². The van der Waals surface area contributed by atoms with Gasteiger partial charge in [0, 0.05) is 17.7 Å². The highest BCUT2D eigenvalue weighted by molar-refractivity contribution is 5.99. The fourth-order valence-corrected chi connectivity index (χ4v) is 2.71. The van der Waals surface area contributed by atoms with Crippen molar-refractivity contribution in [3.8, 4) is 5.75 Å². The van der Waals surface area contributed by atoms with E-state index in [9.17, 15) is 4.79 Å². The molecule has 3 rings (SSSR count). The van der Waals surface area contributed by atoms with E-state index in [2.05, 4.69) is 4.98 Å². The maximum absolute atomic E-state index is 12.0. The van der Waals surface area contributed by atoms with Crippen molar-refractivity contribution in [2.75, 3.05) is 13.7 Å². The second kappa shape index (κ2) is 7.04. The van der Waals surface area contributed by atoms with Gasteiger partial charge in [-0.3, -0.25) is 0 Å². The summed E-state index contributed by atoms with van der Waals surface area (Å²) >= 11 is 0. The lowest BCUT2D eigenvalue weighted by molar-refractivity contribution is -0.137. The number of carbonyl (C=O) groups is 1. The Hall–Kier alpha value is -3.01. The number of aromatic nitrogens is 1. The van der Waals surface area contributed by atoms with Crippen LogP contribution in [0.25, 0.3) is 16.5 Å². The zero-order valence-corrected chi connectivity index (χ0v) is 13.7. The van der Waals surface area contributed by atoms with Gasteiger partial charge in [-0.25, -0.2) is 4.79 Å². The number of fused-ring (bicyclic) bond motifs is 1. The summed E-state index contributed by atoms with van der Waals surface area (Å²) in [6.07, 6.45) is 3.40. The average molecular weight is 321 g/mol. The van der Waals surface area contributed by atoms with Crippen molar-refractivity contribution in [3.63, 3.8) is 0 Å². The molecule has 4 nitrogen and oxygen atoms in total. The number of aromatic amines is 1. The number of hydrogen-bond acceptors (Lipinski definition) is 3. The maximum atomic E-state index is 12.0. The first-order valence-corrected chi connectivity index (χ1v) is 7.82. The smallest absolute Gasteiger partial charge is 0.331 e. The van der Waals surface area contributed by atoms with Crippen LogP contribution in [-0.4, -0.2) is 24.7 Å². The van der Waals surface area contributed by atoms with Gasteiger partial charge in [0.15, 0.2) is 0 Å². The van der Waals surface area contributed by atoms with Gasteiger partial charge in [-0.05, 0) is 41.8 Å². The van der Waals surface area contributed by atoms with Crippen LogP contribution in [0.4, 0.5) is 0 Å². The van der Waals surface area contributed by atoms with E-state index in [1.807, 2.05) is 54.7 Å². The number of esters is 1. The van der Waals surface area contributed by atoms with Crippen molar-refractivity contribution < 1.29 is 14.3 Å². The Bertz CT molecular complexity index is 878. The van der Waals surface area contributed by atoms with Gasteiger partial charge < -0.3 is 14.5 Å². The minimum atomic E-state index is -0.357. The molecule has 2 aromatic carbocycles. The second-order valence-corrected chi connectivity index (χ2v) is 5.30. The zero-order chi connectivity index (χ0) is 16.9. The van der Waals surface area contributed by atoms with Gasteiger partial charge in [-0.1, -0.05) is 30.3 Å². The van der Waals surface area contributed by atoms with Crippen molar-refractivity contribution >= 4 is 22.4 Å². The van der Waals surface area contributed by atoms with Crippen molar-refractivity contribution in [2.45, 2.75) is 6.92 Å². The SMILES string of the molecule is CCOC(=O)/C=C(/c1ccccc1)c1cc(OC)c2[nH]ccc2c1. The Kier molecular flexibility index (Phi) is 4.66. The van der Waals surface area contributed by atoms with Crippen molar-refractivity contribution in [1.29, 1.82) is 0 Å². The van der Waals surface area contributed by atoms with Gasteiger partial charge in [0.1, 0.15) is 5.75 Å². The molecule has 1 N–H and O–H groups in total. The highest BCUT2D eigenvalue weighted by Crippen LogP contribution is 2.32. The molecule has 122 valence electrons. The predicted molar refractivity (Wildman–Crippen MR) is 95.0 cm³/mol. The van der Waals surface area contributed by atoms with E-state index >= 15 is 0 Å². The third-order valence-corrected chi connectivity index (χ3v) is 3.79. The molecule has 0 saturated carbocycles.